The van der Waals surface area contributed by atoms with Crippen LogP contribution >= 0.6 is 0 Å². The maximum atomic E-state index is 13.9. The second-order valence-corrected chi connectivity index (χ2v) is 10.3. The summed E-state index contributed by atoms with van der Waals surface area (Å²) in [7, 11) is 0. The molecular formula is C40H29F3N2. The summed E-state index contributed by atoms with van der Waals surface area (Å²) in [5.41, 5.74) is 7.11. The van der Waals surface area contributed by atoms with E-state index in [1.807, 2.05) is 84.9 Å². The van der Waals surface area contributed by atoms with Gasteiger partial charge in [0.15, 0.2) is 11.6 Å². The SMILES string of the molecule is Fc1cc(F)c(/C=C/C=C/c2ccc(N(c3ccccc3)c3ccc(N(c4ccccc4)c4ccccc4)cc3)cc2)cc1F. The first-order chi connectivity index (χ1) is 22.1. The summed E-state index contributed by atoms with van der Waals surface area (Å²) in [6, 6.07) is 48.7. The zero-order chi connectivity index (χ0) is 31.0. The minimum Gasteiger partial charge on any atom is -0.311 e. The molecule has 0 bridgehead atoms. The summed E-state index contributed by atoms with van der Waals surface area (Å²) in [4.78, 5) is 4.42. The fraction of sp³-hybridized carbons (Fsp3) is 0. The largest absolute Gasteiger partial charge is 0.311 e. The quantitative estimate of drug-likeness (QED) is 0.121. The van der Waals surface area contributed by atoms with Crippen LogP contribution in [0.1, 0.15) is 11.1 Å². The molecule has 0 aliphatic rings. The topological polar surface area (TPSA) is 6.48 Å². The van der Waals surface area contributed by atoms with Gasteiger partial charge in [-0.15, -0.1) is 0 Å². The van der Waals surface area contributed by atoms with Crippen molar-refractivity contribution in [2.45, 2.75) is 0 Å². The molecule has 45 heavy (non-hydrogen) atoms. The molecule has 0 radical (unpaired) electrons. The van der Waals surface area contributed by atoms with Gasteiger partial charge in [-0.1, -0.05) is 91.0 Å². The third-order valence-electron chi connectivity index (χ3n) is 7.28. The molecule has 6 rings (SSSR count). The Labute approximate surface area is 261 Å². The zero-order valence-electron chi connectivity index (χ0n) is 24.3. The normalized spacial score (nSPS) is 11.3. The standard InChI is InChI=1S/C40H29F3N2/c41-38-29-40(43)39(42)28-31(38)13-11-10-12-30-20-22-35(23-21-30)45(34-18-8-3-9-19-34)37-26-24-36(25-27-37)44(32-14-4-1-5-15-32)33-16-6-2-7-17-33/h1-29H/b12-10+,13-11+. The van der Waals surface area contributed by atoms with Crippen molar-refractivity contribution in [1.82, 2.24) is 0 Å². The molecule has 0 unspecified atom stereocenters. The monoisotopic (exact) mass is 594 g/mol. The Bertz CT molecular complexity index is 1860. The first kappa shape index (κ1) is 29.3. The van der Waals surface area contributed by atoms with Crippen LogP contribution in [0.3, 0.4) is 0 Å². The molecule has 2 nitrogen and oxygen atoms in total. The summed E-state index contributed by atoms with van der Waals surface area (Å²) < 4.78 is 40.6. The molecule has 0 saturated heterocycles. The predicted octanol–water partition coefficient (Wildman–Crippen LogP) is 11.8. The predicted molar refractivity (Wildman–Crippen MR) is 180 cm³/mol. The lowest BCUT2D eigenvalue weighted by molar-refractivity contribution is 0.494. The van der Waals surface area contributed by atoms with Gasteiger partial charge in [0.2, 0.25) is 0 Å². The molecule has 0 atom stereocenters. The highest BCUT2D eigenvalue weighted by Crippen LogP contribution is 2.38. The number of nitrogens with zero attached hydrogens (tertiary/aromatic N) is 2. The molecule has 0 N–H and O–H groups in total. The summed E-state index contributed by atoms with van der Waals surface area (Å²) in [6.45, 7) is 0. The smallest absolute Gasteiger partial charge is 0.161 e. The van der Waals surface area contributed by atoms with E-state index < -0.39 is 17.5 Å². The lowest BCUT2D eigenvalue weighted by atomic mass is 10.1. The van der Waals surface area contributed by atoms with Gasteiger partial charge in [-0.05, 0) is 84.4 Å². The van der Waals surface area contributed by atoms with Crippen LogP contribution in [0.5, 0.6) is 0 Å². The molecule has 6 aromatic rings. The van der Waals surface area contributed by atoms with E-state index in [9.17, 15) is 13.2 Å². The van der Waals surface area contributed by atoms with Crippen LogP contribution in [-0.4, -0.2) is 0 Å². The maximum absolute atomic E-state index is 13.9. The molecule has 0 heterocycles. The molecule has 0 amide bonds. The van der Waals surface area contributed by atoms with Gasteiger partial charge in [0.1, 0.15) is 5.82 Å². The number of hydrogen-bond acceptors (Lipinski definition) is 2. The van der Waals surface area contributed by atoms with Crippen molar-refractivity contribution in [3.05, 3.63) is 192 Å². The van der Waals surface area contributed by atoms with Crippen molar-refractivity contribution in [3.63, 3.8) is 0 Å². The molecular weight excluding hydrogens is 565 g/mol. The first-order valence-corrected chi connectivity index (χ1v) is 14.5. The summed E-state index contributed by atoms with van der Waals surface area (Å²) in [5.74, 6) is -3.11. The van der Waals surface area contributed by atoms with E-state index in [1.165, 1.54) is 6.08 Å². The Hall–Kier alpha value is -5.81. The van der Waals surface area contributed by atoms with Crippen molar-refractivity contribution in [2.24, 2.45) is 0 Å². The number of allylic oxidation sites excluding steroid dienone is 2. The maximum Gasteiger partial charge on any atom is 0.161 e. The third kappa shape index (κ3) is 6.89. The van der Waals surface area contributed by atoms with Crippen molar-refractivity contribution >= 4 is 46.3 Å². The fourth-order valence-corrected chi connectivity index (χ4v) is 5.10. The van der Waals surface area contributed by atoms with Gasteiger partial charge >= 0.3 is 0 Å². The molecule has 0 spiro atoms. The van der Waals surface area contributed by atoms with Gasteiger partial charge in [-0.3, -0.25) is 0 Å². The highest BCUT2D eigenvalue weighted by Gasteiger charge is 2.15. The lowest BCUT2D eigenvalue weighted by Crippen LogP contribution is -2.12. The van der Waals surface area contributed by atoms with Crippen molar-refractivity contribution in [3.8, 4) is 0 Å². The number of hydrogen-bond donors (Lipinski definition) is 0. The third-order valence-corrected chi connectivity index (χ3v) is 7.28. The molecule has 0 fully saturated rings. The average Bonchev–Trinajstić information content (AvgIpc) is 3.08. The second-order valence-electron chi connectivity index (χ2n) is 10.3. The van der Waals surface area contributed by atoms with Gasteiger partial charge in [-0.2, -0.15) is 0 Å². The Kier molecular flexibility index (Phi) is 8.88. The number of para-hydroxylation sites is 3. The first-order valence-electron chi connectivity index (χ1n) is 14.5. The molecule has 0 saturated carbocycles. The van der Waals surface area contributed by atoms with Gasteiger partial charge < -0.3 is 9.80 Å². The van der Waals surface area contributed by atoms with Crippen LogP contribution in [0.25, 0.3) is 12.2 Å². The Balaban J connectivity index is 1.27. The molecule has 0 aliphatic carbocycles. The van der Waals surface area contributed by atoms with Gasteiger partial charge in [-0.25, -0.2) is 13.2 Å². The van der Waals surface area contributed by atoms with Crippen molar-refractivity contribution in [1.29, 1.82) is 0 Å². The van der Waals surface area contributed by atoms with Crippen LogP contribution in [0.15, 0.2) is 164 Å². The van der Waals surface area contributed by atoms with Crippen molar-refractivity contribution < 1.29 is 13.2 Å². The van der Waals surface area contributed by atoms with E-state index in [0.29, 0.717) is 6.07 Å². The number of benzene rings is 6. The Morgan fingerprint density at radius 1 is 0.356 bits per heavy atom. The van der Waals surface area contributed by atoms with E-state index in [-0.39, 0.29) is 5.56 Å². The minimum atomic E-state index is -1.21. The van der Waals surface area contributed by atoms with E-state index in [1.54, 1.807) is 12.2 Å². The van der Waals surface area contributed by atoms with Crippen LogP contribution < -0.4 is 9.80 Å². The summed E-state index contributed by atoms with van der Waals surface area (Å²) in [5, 5.41) is 0. The van der Waals surface area contributed by atoms with Crippen LogP contribution in [0.4, 0.5) is 47.3 Å². The van der Waals surface area contributed by atoms with Crippen molar-refractivity contribution in [2.75, 3.05) is 9.80 Å². The minimum absolute atomic E-state index is 0.0194. The summed E-state index contributed by atoms with van der Waals surface area (Å²) >= 11 is 0. The molecule has 5 heteroatoms. The Morgan fingerprint density at radius 3 is 1.16 bits per heavy atom. The van der Waals surface area contributed by atoms with Crippen LogP contribution in [0, 0.1) is 17.5 Å². The Morgan fingerprint density at radius 2 is 0.711 bits per heavy atom. The molecule has 0 aromatic heterocycles. The lowest BCUT2D eigenvalue weighted by Gasteiger charge is -2.28. The van der Waals surface area contributed by atoms with Crippen LogP contribution in [0.2, 0.25) is 0 Å². The van der Waals surface area contributed by atoms with Gasteiger partial charge in [0.25, 0.3) is 0 Å². The zero-order valence-corrected chi connectivity index (χ0v) is 24.3. The van der Waals surface area contributed by atoms with E-state index in [2.05, 4.69) is 70.5 Å². The van der Waals surface area contributed by atoms with E-state index >= 15 is 0 Å². The summed E-state index contributed by atoms with van der Waals surface area (Å²) in [6.07, 6.45) is 6.59. The molecule has 0 aliphatic heterocycles. The fourth-order valence-electron chi connectivity index (χ4n) is 5.10. The van der Waals surface area contributed by atoms with Gasteiger partial charge in [0.05, 0.1) is 0 Å². The van der Waals surface area contributed by atoms with E-state index in [0.717, 1.165) is 45.8 Å². The van der Waals surface area contributed by atoms with Crippen LogP contribution in [-0.2, 0) is 0 Å². The number of anilines is 6. The highest BCUT2D eigenvalue weighted by atomic mass is 19.2. The van der Waals surface area contributed by atoms with E-state index in [4.69, 9.17) is 0 Å². The second kappa shape index (κ2) is 13.7. The highest BCUT2D eigenvalue weighted by molar-refractivity contribution is 5.81. The van der Waals surface area contributed by atoms with Gasteiger partial charge in [0, 0.05) is 45.8 Å². The number of rotatable bonds is 9. The number of halogens is 3. The molecule has 220 valence electrons. The average molecular weight is 595 g/mol. The molecule has 6 aromatic carbocycles.